The quantitative estimate of drug-likeness (QED) is 0.701. The Bertz CT molecular complexity index is 184. The highest BCUT2D eigenvalue weighted by Gasteiger charge is 2.24. The number of hydrogen-bond acceptors (Lipinski definition) is 3. The van der Waals surface area contributed by atoms with Gasteiger partial charge in [0.2, 0.25) is 0 Å². The molecule has 2 unspecified atom stereocenters. The SMILES string of the molecule is CC1COCCN1C(C)CC(=O)O. The van der Waals surface area contributed by atoms with Gasteiger partial charge >= 0.3 is 5.97 Å². The maximum atomic E-state index is 10.5. The molecule has 0 aliphatic carbocycles. The van der Waals surface area contributed by atoms with Gasteiger partial charge in [-0.15, -0.1) is 0 Å². The Kier molecular flexibility index (Phi) is 3.69. The van der Waals surface area contributed by atoms with Crippen LogP contribution >= 0.6 is 0 Å². The molecule has 1 aliphatic rings. The van der Waals surface area contributed by atoms with Crippen LogP contribution in [0.5, 0.6) is 0 Å². The summed E-state index contributed by atoms with van der Waals surface area (Å²) < 4.78 is 5.28. The molecule has 1 N–H and O–H groups in total. The van der Waals surface area contributed by atoms with Gasteiger partial charge in [-0.2, -0.15) is 0 Å². The molecule has 1 fully saturated rings. The summed E-state index contributed by atoms with van der Waals surface area (Å²) in [6, 6.07) is 0.444. The van der Waals surface area contributed by atoms with Crippen LogP contribution < -0.4 is 0 Å². The number of carboxylic acid groups (broad SMARTS) is 1. The molecule has 0 saturated carbocycles. The molecule has 0 radical (unpaired) electrons. The van der Waals surface area contributed by atoms with Crippen LogP contribution in [-0.2, 0) is 9.53 Å². The van der Waals surface area contributed by atoms with Crippen molar-refractivity contribution in [2.45, 2.75) is 32.4 Å². The van der Waals surface area contributed by atoms with E-state index in [0.29, 0.717) is 19.3 Å². The van der Waals surface area contributed by atoms with E-state index in [9.17, 15) is 4.79 Å². The normalized spacial score (nSPS) is 27.1. The van der Waals surface area contributed by atoms with Crippen molar-refractivity contribution in [1.82, 2.24) is 4.90 Å². The molecule has 2 atom stereocenters. The van der Waals surface area contributed by atoms with Crippen molar-refractivity contribution in [3.8, 4) is 0 Å². The van der Waals surface area contributed by atoms with Gasteiger partial charge in [0.1, 0.15) is 0 Å². The summed E-state index contributed by atoms with van der Waals surface area (Å²) in [5.41, 5.74) is 0. The Morgan fingerprint density at radius 1 is 1.77 bits per heavy atom. The van der Waals surface area contributed by atoms with E-state index in [1.165, 1.54) is 0 Å². The van der Waals surface area contributed by atoms with Crippen molar-refractivity contribution in [2.24, 2.45) is 0 Å². The number of aliphatic carboxylic acids is 1. The van der Waals surface area contributed by atoms with Crippen molar-refractivity contribution in [3.05, 3.63) is 0 Å². The Labute approximate surface area is 78.5 Å². The number of ether oxygens (including phenoxy) is 1. The van der Waals surface area contributed by atoms with E-state index in [1.807, 2.05) is 6.92 Å². The number of carboxylic acids is 1. The lowest BCUT2D eigenvalue weighted by Crippen LogP contribution is -2.48. The highest BCUT2D eigenvalue weighted by molar-refractivity contribution is 5.67. The maximum absolute atomic E-state index is 10.5. The van der Waals surface area contributed by atoms with Gasteiger partial charge in [0.15, 0.2) is 0 Å². The minimum absolute atomic E-state index is 0.108. The third-order valence-electron chi connectivity index (χ3n) is 2.46. The number of nitrogens with zero attached hydrogens (tertiary/aromatic N) is 1. The zero-order valence-corrected chi connectivity index (χ0v) is 8.19. The number of morpholine rings is 1. The van der Waals surface area contributed by atoms with Crippen LogP contribution in [-0.4, -0.2) is 47.8 Å². The monoisotopic (exact) mass is 187 g/mol. The Morgan fingerprint density at radius 3 is 3.00 bits per heavy atom. The van der Waals surface area contributed by atoms with Crippen LogP contribution in [0.1, 0.15) is 20.3 Å². The summed E-state index contributed by atoms with van der Waals surface area (Å²) in [4.78, 5) is 12.7. The first-order chi connectivity index (χ1) is 6.11. The molecule has 1 heterocycles. The fourth-order valence-electron chi connectivity index (χ4n) is 1.76. The summed E-state index contributed by atoms with van der Waals surface area (Å²) in [5, 5.41) is 8.64. The van der Waals surface area contributed by atoms with Gasteiger partial charge < -0.3 is 9.84 Å². The molecule has 0 aromatic carbocycles. The summed E-state index contributed by atoms with van der Waals surface area (Å²) in [5.74, 6) is -0.730. The van der Waals surface area contributed by atoms with Gasteiger partial charge in [0.25, 0.3) is 0 Å². The van der Waals surface area contributed by atoms with E-state index in [2.05, 4.69) is 11.8 Å². The Hall–Kier alpha value is -0.610. The van der Waals surface area contributed by atoms with E-state index in [0.717, 1.165) is 6.54 Å². The van der Waals surface area contributed by atoms with Crippen molar-refractivity contribution >= 4 is 5.97 Å². The number of rotatable bonds is 3. The van der Waals surface area contributed by atoms with Gasteiger partial charge in [-0.25, -0.2) is 0 Å². The van der Waals surface area contributed by atoms with E-state index >= 15 is 0 Å². The standard InChI is InChI=1S/C9H17NO3/c1-7(5-9(11)12)10-3-4-13-6-8(10)2/h7-8H,3-6H2,1-2H3,(H,11,12). The van der Waals surface area contributed by atoms with Crippen molar-refractivity contribution < 1.29 is 14.6 Å². The lowest BCUT2D eigenvalue weighted by atomic mass is 10.1. The third kappa shape index (κ3) is 2.97. The Balaban J connectivity index is 2.43. The fraction of sp³-hybridized carbons (Fsp3) is 0.889. The van der Waals surface area contributed by atoms with Crippen LogP contribution in [0.2, 0.25) is 0 Å². The smallest absolute Gasteiger partial charge is 0.304 e. The molecule has 13 heavy (non-hydrogen) atoms. The first kappa shape index (κ1) is 10.5. The lowest BCUT2D eigenvalue weighted by molar-refractivity contribution is -0.139. The highest BCUT2D eigenvalue weighted by Crippen LogP contribution is 2.12. The molecule has 0 bridgehead atoms. The van der Waals surface area contributed by atoms with E-state index in [-0.39, 0.29) is 12.5 Å². The summed E-state index contributed by atoms with van der Waals surface area (Å²) in [6.07, 6.45) is 0.213. The second-order valence-corrected chi connectivity index (χ2v) is 3.61. The van der Waals surface area contributed by atoms with Crippen LogP contribution in [0, 0.1) is 0 Å². The second kappa shape index (κ2) is 4.58. The molecular formula is C9H17NO3. The van der Waals surface area contributed by atoms with Gasteiger partial charge in [0, 0.05) is 18.6 Å². The topological polar surface area (TPSA) is 49.8 Å². The third-order valence-corrected chi connectivity index (χ3v) is 2.46. The highest BCUT2D eigenvalue weighted by atomic mass is 16.5. The van der Waals surface area contributed by atoms with Crippen LogP contribution in [0.3, 0.4) is 0 Å². The number of hydrogen-bond donors (Lipinski definition) is 1. The van der Waals surface area contributed by atoms with E-state index < -0.39 is 5.97 Å². The van der Waals surface area contributed by atoms with E-state index in [1.54, 1.807) is 0 Å². The predicted molar refractivity (Wildman–Crippen MR) is 48.7 cm³/mol. The average molecular weight is 187 g/mol. The summed E-state index contributed by atoms with van der Waals surface area (Å²) in [6.45, 7) is 6.29. The minimum Gasteiger partial charge on any atom is -0.481 e. The van der Waals surface area contributed by atoms with Crippen LogP contribution in [0.25, 0.3) is 0 Å². The molecule has 0 spiro atoms. The first-order valence-electron chi connectivity index (χ1n) is 4.66. The van der Waals surface area contributed by atoms with Gasteiger partial charge in [-0.1, -0.05) is 0 Å². The lowest BCUT2D eigenvalue weighted by Gasteiger charge is -2.37. The molecule has 1 saturated heterocycles. The van der Waals surface area contributed by atoms with Gasteiger partial charge in [0.05, 0.1) is 19.6 Å². The molecule has 0 aromatic rings. The maximum Gasteiger partial charge on any atom is 0.304 e. The van der Waals surface area contributed by atoms with E-state index in [4.69, 9.17) is 9.84 Å². The molecule has 76 valence electrons. The molecule has 4 nitrogen and oxygen atoms in total. The zero-order chi connectivity index (χ0) is 9.84. The fourth-order valence-corrected chi connectivity index (χ4v) is 1.76. The predicted octanol–water partition coefficient (Wildman–Crippen LogP) is 0.570. The summed E-state index contributed by atoms with van der Waals surface area (Å²) >= 11 is 0. The van der Waals surface area contributed by atoms with Crippen molar-refractivity contribution in [3.63, 3.8) is 0 Å². The average Bonchev–Trinajstić information content (AvgIpc) is 2.03. The summed E-state index contributed by atoms with van der Waals surface area (Å²) in [7, 11) is 0. The molecule has 4 heteroatoms. The first-order valence-corrected chi connectivity index (χ1v) is 4.66. The van der Waals surface area contributed by atoms with Gasteiger partial charge in [-0.3, -0.25) is 9.69 Å². The second-order valence-electron chi connectivity index (χ2n) is 3.61. The minimum atomic E-state index is -0.730. The van der Waals surface area contributed by atoms with Crippen LogP contribution in [0.4, 0.5) is 0 Å². The number of carbonyl (C=O) groups is 1. The van der Waals surface area contributed by atoms with Crippen molar-refractivity contribution in [1.29, 1.82) is 0 Å². The molecule has 0 aromatic heterocycles. The van der Waals surface area contributed by atoms with Crippen LogP contribution in [0.15, 0.2) is 0 Å². The van der Waals surface area contributed by atoms with Crippen molar-refractivity contribution in [2.75, 3.05) is 19.8 Å². The molecular weight excluding hydrogens is 170 g/mol. The molecule has 1 aliphatic heterocycles. The molecule has 0 amide bonds. The largest absolute Gasteiger partial charge is 0.481 e. The van der Waals surface area contributed by atoms with Gasteiger partial charge in [-0.05, 0) is 13.8 Å². The zero-order valence-electron chi connectivity index (χ0n) is 8.19. The molecule has 1 rings (SSSR count). The Morgan fingerprint density at radius 2 is 2.46 bits per heavy atom.